The summed E-state index contributed by atoms with van der Waals surface area (Å²) < 4.78 is 0. The van der Waals surface area contributed by atoms with Crippen LogP contribution in [0.25, 0.3) is 0 Å². The van der Waals surface area contributed by atoms with Crippen LogP contribution in [0.2, 0.25) is 0 Å². The van der Waals surface area contributed by atoms with E-state index < -0.39 is 12.0 Å². The van der Waals surface area contributed by atoms with Crippen LogP contribution in [0.5, 0.6) is 0 Å². The predicted octanol–water partition coefficient (Wildman–Crippen LogP) is 0.734. The van der Waals surface area contributed by atoms with Crippen LogP contribution < -0.4 is 5.32 Å². The fraction of sp³-hybridized carbons (Fsp3) is 0.300. The molecule has 2 N–H and O–H groups in total. The van der Waals surface area contributed by atoms with E-state index in [4.69, 9.17) is 5.11 Å². The molecule has 1 amide bonds. The molecule has 80 valence electrons. The van der Waals surface area contributed by atoms with Gasteiger partial charge in [-0.2, -0.15) is 0 Å². The highest BCUT2D eigenvalue weighted by Gasteiger charge is 2.16. The standard InChI is InChI=1S/C10H12N2O3/c1-7(13)12-9(5-10(14)15)8-3-2-4-11-6-8/h2-4,6,9H,5H2,1H3,(H,12,13)(H,14,15). The number of carbonyl (C=O) groups excluding carboxylic acids is 1. The predicted molar refractivity (Wildman–Crippen MR) is 53.0 cm³/mol. The second-order valence-corrected chi connectivity index (χ2v) is 3.14. The van der Waals surface area contributed by atoms with E-state index in [9.17, 15) is 9.59 Å². The molecular weight excluding hydrogens is 196 g/mol. The van der Waals surface area contributed by atoms with Crippen LogP contribution in [0.4, 0.5) is 0 Å². The summed E-state index contributed by atoms with van der Waals surface area (Å²) in [5.41, 5.74) is 0.690. The molecule has 1 aromatic rings. The fourth-order valence-electron chi connectivity index (χ4n) is 1.25. The number of aliphatic carboxylic acids is 1. The van der Waals surface area contributed by atoms with Gasteiger partial charge in [0.15, 0.2) is 0 Å². The summed E-state index contributed by atoms with van der Waals surface area (Å²) >= 11 is 0. The zero-order chi connectivity index (χ0) is 11.3. The third-order valence-electron chi connectivity index (χ3n) is 1.84. The lowest BCUT2D eigenvalue weighted by atomic mass is 10.1. The van der Waals surface area contributed by atoms with Gasteiger partial charge in [0, 0.05) is 19.3 Å². The van der Waals surface area contributed by atoms with Crippen molar-refractivity contribution in [1.29, 1.82) is 0 Å². The van der Waals surface area contributed by atoms with Crippen LogP contribution in [-0.2, 0) is 9.59 Å². The number of carbonyl (C=O) groups is 2. The summed E-state index contributed by atoms with van der Waals surface area (Å²) in [7, 11) is 0. The monoisotopic (exact) mass is 208 g/mol. The van der Waals surface area contributed by atoms with Gasteiger partial charge in [0.1, 0.15) is 0 Å². The van der Waals surface area contributed by atoms with Crippen LogP contribution >= 0.6 is 0 Å². The quantitative estimate of drug-likeness (QED) is 0.764. The molecule has 1 rings (SSSR count). The van der Waals surface area contributed by atoms with Gasteiger partial charge in [0.25, 0.3) is 0 Å². The van der Waals surface area contributed by atoms with E-state index in [0.29, 0.717) is 5.56 Å². The van der Waals surface area contributed by atoms with E-state index in [1.807, 2.05) is 0 Å². The van der Waals surface area contributed by atoms with Crippen molar-refractivity contribution in [2.24, 2.45) is 0 Å². The van der Waals surface area contributed by atoms with Crippen molar-refractivity contribution in [2.45, 2.75) is 19.4 Å². The molecule has 0 radical (unpaired) electrons. The first-order valence-electron chi connectivity index (χ1n) is 4.48. The normalized spacial score (nSPS) is 11.8. The largest absolute Gasteiger partial charge is 0.481 e. The molecule has 15 heavy (non-hydrogen) atoms. The van der Waals surface area contributed by atoms with E-state index in [1.165, 1.54) is 6.92 Å². The third-order valence-corrected chi connectivity index (χ3v) is 1.84. The molecule has 0 aromatic carbocycles. The molecule has 0 saturated carbocycles. The minimum absolute atomic E-state index is 0.148. The van der Waals surface area contributed by atoms with Gasteiger partial charge in [-0.25, -0.2) is 0 Å². The minimum atomic E-state index is -0.961. The Labute approximate surface area is 87.1 Å². The van der Waals surface area contributed by atoms with Gasteiger partial charge in [-0.3, -0.25) is 14.6 Å². The SMILES string of the molecule is CC(=O)NC(CC(=O)O)c1cccnc1. The average Bonchev–Trinajstić information content (AvgIpc) is 2.17. The Balaban J connectivity index is 2.81. The highest BCUT2D eigenvalue weighted by Crippen LogP contribution is 2.15. The van der Waals surface area contributed by atoms with Gasteiger partial charge in [-0.15, -0.1) is 0 Å². The van der Waals surface area contributed by atoms with Crippen LogP contribution in [0.15, 0.2) is 24.5 Å². The topological polar surface area (TPSA) is 79.3 Å². The molecule has 0 saturated heterocycles. The molecule has 1 unspecified atom stereocenters. The third kappa shape index (κ3) is 3.76. The second kappa shape index (κ2) is 5.09. The van der Waals surface area contributed by atoms with E-state index >= 15 is 0 Å². The number of nitrogens with zero attached hydrogens (tertiary/aromatic N) is 1. The van der Waals surface area contributed by atoms with E-state index in [-0.39, 0.29) is 12.3 Å². The average molecular weight is 208 g/mol. The Kier molecular flexibility index (Phi) is 3.79. The number of pyridine rings is 1. The number of hydrogen-bond donors (Lipinski definition) is 2. The zero-order valence-electron chi connectivity index (χ0n) is 8.30. The van der Waals surface area contributed by atoms with E-state index in [2.05, 4.69) is 10.3 Å². The van der Waals surface area contributed by atoms with Crippen molar-refractivity contribution in [3.05, 3.63) is 30.1 Å². The minimum Gasteiger partial charge on any atom is -0.481 e. The molecule has 0 bridgehead atoms. The van der Waals surface area contributed by atoms with Crippen LogP contribution in [0.1, 0.15) is 24.9 Å². The summed E-state index contributed by atoms with van der Waals surface area (Å²) in [4.78, 5) is 25.4. The van der Waals surface area contributed by atoms with Gasteiger partial charge in [-0.1, -0.05) is 6.07 Å². The fourth-order valence-corrected chi connectivity index (χ4v) is 1.25. The first-order chi connectivity index (χ1) is 7.09. The van der Waals surface area contributed by atoms with Crippen molar-refractivity contribution in [3.63, 3.8) is 0 Å². The van der Waals surface area contributed by atoms with Gasteiger partial charge in [0.2, 0.25) is 5.91 Å². The summed E-state index contributed by atoms with van der Waals surface area (Å²) in [5.74, 6) is -1.22. The van der Waals surface area contributed by atoms with Crippen LogP contribution in [-0.4, -0.2) is 22.0 Å². The van der Waals surface area contributed by atoms with Gasteiger partial charge >= 0.3 is 5.97 Å². The number of carboxylic acids is 1. The molecule has 5 nitrogen and oxygen atoms in total. The maximum Gasteiger partial charge on any atom is 0.305 e. The Morgan fingerprint density at radius 1 is 1.60 bits per heavy atom. The Bertz CT molecular complexity index is 335. The lowest BCUT2D eigenvalue weighted by molar-refractivity contribution is -0.137. The Morgan fingerprint density at radius 3 is 2.80 bits per heavy atom. The lowest BCUT2D eigenvalue weighted by Crippen LogP contribution is -2.28. The number of hydrogen-bond acceptors (Lipinski definition) is 3. The van der Waals surface area contributed by atoms with Crippen LogP contribution in [0.3, 0.4) is 0 Å². The number of aromatic nitrogens is 1. The lowest BCUT2D eigenvalue weighted by Gasteiger charge is -2.15. The summed E-state index contributed by atoms with van der Waals surface area (Å²) in [5, 5.41) is 11.3. The molecule has 1 atom stereocenters. The molecule has 0 aliphatic carbocycles. The van der Waals surface area contributed by atoms with Crippen LogP contribution in [0, 0.1) is 0 Å². The molecular formula is C10H12N2O3. The van der Waals surface area contributed by atoms with Crippen molar-refractivity contribution < 1.29 is 14.7 Å². The molecule has 0 aliphatic rings. The second-order valence-electron chi connectivity index (χ2n) is 3.14. The maximum atomic E-state index is 10.9. The Hall–Kier alpha value is -1.91. The first-order valence-corrected chi connectivity index (χ1v) is 4.48. The molecule has 0 fully saturated rings. The molecule has 0 spiro atoms. The van der Waals surface area contributed by atoms with E-state index in [0.717, 1.165) is 0 Å². The first kappa shape index (κ1) is 11.2. The zero-order valence-corrected chi connectivity index (χ0v) is 8.30. The number of amides is 1. The Morgan fingerprint density at radius 2 is 2.33 bits per heavy atom. The van der Waals surface area contributed by atoms with Crippen molar-refractivity contribution in [1.82, 2.24) is 10.3 Å². The number of carboxylic acid groups (broad SMARTS) is 1. The highest BCUT2D eigenvalue weighted by molar-refractivity contribution is 5.75. The highest BCUT2D eigenvalue weighted by atomic mass is 16.4. The van der Waals surface area contributed by atoms with E-state index in [1.54, 1.807) is 24.5 Å². The molecule has 1 heterocycles. The number of rotatable bonds is 4. The smallest absolute Gasteiger partial charge is 0.305 e. The molecule has 0 aliphatic heterocycles. The number of nitrogens with one attached hydrogen (secondary N) is 1. The maximum absolute atomic E-state index is 10.9. The van der Waals surface area contributed by atoms with Gasteiger partial charge < -0.3 is 10.4 Å². The summed E-state index contributed by atoms with van der Waals surface area (Å²) in [6, 6.07) is 2.91. The van der Waals surface area contributed by atoms with Crippen molar-refractivity contribution >= 4 is 11.9 Å². The molecule has 1 aromatic heterocycles. The summed E-state index contributed by atoms with van der Waals surface area (Å²) in [6.07, 6.45) is 2.99. The van der Waals surface area contributed by atoms with Gasteiger partial charge in [-0.05, 0) is 11.6 Å². The van der Waals surface area contributed by atoms with Crippen molar-refractivity contribution in [2.75, 3.05) is 0 Å². The van der Waals surface area contributed by atoms with Gasteiger partial charge in [0.05, 0.1) is 12.5 Å². The summed E-state index contributed by atoms with van der Waals surface area (Å²) in [6.45, 7) is 1.35. The van der Waals surface area contributed by atoms with Crippen molar-refractivity contribution in [3.8, 4) is 0 Å². The molecule has 5 heteroatoms.